The summed E-state index contributed by atoms with van der Waals surface area (Å²) in [5.74, 6) is 1.25. The number of hydrogen-bond donors (Lipinski definition) is 0. The fourth-order valence-corrected chi connectivity index (χ4v) is 2.03. The summed E-state index contributed by atoms with van der Waals surface area (Å²) in [5, 5.41) is 4.79. The molecule has 0 radical (unpaired) electrons. The Kier molecular flexibility index (Phi) is 3.49. The first-order valence-electron chi connectivity index (χ1n) is 5.14. The summed E-state index contributed by atoms with van der Waals surface area (Å²) < 4.78 is 12.2. The summed E-state index contributed by atoms with van der Waals surface area (Å²) in [5.41, 5.74) is 0. The number of nitrogens with zero attached hydrogens (tertiary/aromatic N) is 2. The number of aromatic nitrogens is 2. The predicted molar refractivity (Wildman–Crippen MR) is 57.3 cm³/mol. The summed E-state index contributed by atoms with van der Waals surface area (Å²) in [4.78, 5) is 0. The van der Waals surface area contributed by atoms with Crippen LogP contribution in [0.3, 0.4) is 0 Å². The van der Waals surface area contributed by atoms with E-state index in [4.69, 9.17) is 21.1 Å². The number of methoxy groups -OCH3 is 1. The van der Waals surface area contributed by atoms with E-state index in [-0.39, 0.29) is 0 Å². The first-order valence-corrected chi connectivity index (χ1v) is 5.52. The van der Waals surface area contributed by atoms with Gasteiger partial charge in [-0.2, -0.15) is 5.10 Å². The van der Waals surface area contributed by atoms with E-state index in [9.17, 15) is 0 Å². The van der Waals surface area contributed by atoms with Gasteiger partial charge in [0.2, 0.25) is 0 Å². The molecule has 0 aliphatic carbocycles. The highest BCUT2D eigenvalue weighted by Gasteiger charge is 2.17. The normalized spacial score (nSPS) is 18.0. The lowest BCUT2D eigenvalue weighted by Gasteiger charge is -2.21. The molecule has 15 heavy (non-hydrogen) atoms. The van der Waals surface area contributed by atoms with E-state index in [0.29, 0.717) is 16.8 Å². The van der Waals surface area contributed by atoms with Gasteiger partial charge in [-0.1, -0.05) is 11.6 Å². The molecule has 2 rings (SSSR count). The molecule has 0 unspecified atom stereocenters. The third-order valence-corrected chi connectivity index (χ3v) is 3.12. The van der Waals surface area contributed by atoms with Crippen molar-refractivity contribution in [2.24, 2.45) is 5.92 Å². The smallest absolute Gasteiger partial charge is 0.175 e. The summed E-state index contributed by atoms with van der Waals surface area (Å²) in [6, 6.07) is 0. The summed E-state index contributed by atoms with van der Waals surface area (Å²) in [6.07, 6.45) is 3.82. The molecule has 1 aliphatic rings. The van der Waals surface area contributed by atoms with Gasteiger partial charge in [-0.3, -0.25) is 4.68 Å². The lowest BCUT2D eigenvalue weighted by molar-refractivity contribution is 0.0601. The summed E-state index contributed by atoms with van der Waals surface area (Å²) in [7, 11) is 1.60. The van der Waals surface area contributed by atoms with E-state index < -0.39 is 0 Å². The van der Waals surface area contributed by atoms with Crippen molar-refractivity contribution in [2.75, 3.05) is 20.3 Å². The Morgan fingerprint density at radius 1 is 1.60 bits per heavy atom. The largest absolute Gasteiger partial charge is 0.492 e. The van der Waals surface area contributed by atoms with Crippen LogP contribution in [0.4, 0.5) is 0 Å². The van der Waals surface area contributed by atoms with Crippen molar-refractivity contribution in [3.05, 3.63) is 11.3 Å². The number of halogens is 1. The minimum Gasteiger partial charge on any atom is -0.492 e. The number of ether oxygens (including phenoxy) is 2. The molecular weight excluding hydrogens is 216 g/mol. The molecule has 5 heteroatoms. The molecule has 1 aromatic rings. The second-order valence-electron chi connectivity index (χ2n) is 3.74. The molecule has 84 valence electrons. The SMILES string of the molecule is COc1cnn(CC2CCOCC2)c1Cl. The van der Waals surface area contributed by atoms with Gasteiger partial charge >= 0.3 is 0 Å². The molecule has 0 spiro atoms. The van der Waals surface area contributed by atoms with Crippen molar-refractivity contribution in [2.45, 2.75) is 19.4 Å². The van der Waals surface area contributed by atoms with Crippen LogP contribution in [0.2, 0.25) is 5.15 Å². The van der Waals surface area contributed by atoms with Crippen LogP contribution in [0.5, 0.6) is 5.75 Å². The van der Waals surface area contributed by atoms with Crippen LogP contribution in [0.1, 0.15) is 12.8 Å². The van der Waals surface area contributed by atoms with Crippen LogP contribution < -0.4 is 4.74 Å². The zero-order chi connectivity index (χ0) is 10.7. The van der Waals surface area contributed by atoms with E-state index in [1.807, 2.05) is 0 Å². The topological polar surface area (TPSA) is 36.3 Å². The molecule has 1 saturated heterocycles. The average Bonchev–Trinajstić information content (AvgIpc) is 2.62. The minimum atomic E-state index is 0.587. The van der Waals surface area contributed by atoms with E-state index in [0.717, 1.165) is 32.6 Å². The quantitative estimate of drug-likeness (QED) is 0.797. The van der Waals surface area contributed by atoms with Crippen LogP contribution in [-0.2, 0) is 11.3 Å². The van der Waals surface area contributed by atoms with Crippen molar-refractivity contribution in [1.29, 1.82) is 0 Å². The van der Waals surface area contributed by atoms with Crippen LogP contribution in [-0.4, -0.2) is 30.1 Å². The number of hydrogen-bond acceptors (Lipinski definition) is 3. The lowest BCUT2D eigenvalue weighted by atomic mass is 10.0. The maximum atomic E-state index is 6.09. The van der Waals surface area contributed by atoms with Crippen LogP contribution in [0.15, 0.2) is 6.20 Å². The summed E-state index contributed by atoms with van der Waals surface area (Å²) >= 11 is 6.09. The van der Waals surface area contributed by atoms with Crippen LogP contribution in [0, 0.1) is 5.92 Å². The Labute approximate surface area is 94.1 Å². The zero-order valence-corrected chi connectivity index (χ0v) is 9.54. The van der Waals surface area contributed by atoms with Crippen molar-refractivity contribution in [3.8, 4) is 5.75 Å². The molecule has 1 aromatic heterocycles. The van der Waals surface area contributed by atoms with Gasteiger partial charge < -0.3 is 9.47 Å². The minimum absolute atomic E-state index is 0.587. The van der Waals surface area contributed by atoms with Crippen LogP contribution in [0.25, 0.3) is 0 Å². The van der Waals surface area contributed by atoms with Crippen molar-refractivity contribution in [3.63, 3.8) is 0 Å². The molecule has 1 fully saturated rings. The van der Waals surface area contributed by atoms with Crippen molar-refractivity contribution in [1.82, 2.24) is 9.78 Å². The second kappa shape index (κ2) is 4.86. The fourth-order valence-electron chi connectivity index (χ4n) is 1.79. The van der Waals surface area contributed by atoms with Gasteiger partial charge in [0, 0.05) is 19.8 Å². The van der Waals surface area contributed by atoms with Gasteiger partial charge in [0.15, 0.2) is 10.9 Å². The molecule has 2 heterocycles. The molecule has 1 aliphatic heterocycles. The lowest BCUT2D eigenvalue weighted by Crippen LogP contribution is -2.20. The Morgan fingerprint density at radius 3 is 2.93 bits per heavy atom. The third-order valence-electron chi connectivity index (χ3n) is 2.74. The van der Waals surface area contributed by atoms with Gasteiger partial charge in [-0.25, -0.2) is 0 Å². The Bertz CT molecular complexity index is 321. The van der Waals surface area contributed by atoms with Gasteiger partial charge in [0.05, 0.1) is 13.3 Å². The van der Waals surface area contributed by atoms with Crippen molar-refractivity contribution < 1.29 is 9.47 Å². The predicted octanol–water partition coefficient (Wildman–Crippen LogP) is 1.97. The average molecular weight is 231 g/mol. The maximum Gasteiger partial charge on any atom is 0.175 e. The van der Waals surface area contributed by atoms with Gasteiger partial charge in [0.25, 0.3) is 0 Å². The number of rotatable bonds is 3. The summed E-state index contributed by atoms with van der Waals surface area (Å²) in [6.45, 7) is 2.55. The highest BCUT2D eigenvalue weighted by molar-refractivity contribution is 6.31. The first kappa shape index (κ1) is 10.8. The molecular formula is C10H15ClN2O2. The molecule has 0 N–H and O–H groups in total. The first-order chi connectivity index (χ1) is 7.31. The zero-order valence-electron chi connectivity index (χ0n) is 8.78. The monoisotopic (exact) mass is 230 g/mol. The van der Waals surface area contributed by atoms with Gasteiger partial charge in [-0.15, -0.1) is 0 Å². The van der Waals surface area contributed by atoms with E-state index in [1.165, 1.54) is 0 Å². The van der Waals surface area contributed by atoms with E-state index in [2.05, 4.69) is 5.10 Å². The highest BCUT2D eigenvalue weighted by Crippen LogP contribution is 2.25. The second-order valence-corrected chi connectivity index (χ2v) is 4.10. The molecule has 0 amide bonds. The van der Waals surface area contributed by atoms with E-state index in [1.54, 1.807) is 18.0 Å². The van der Waals surface area contributed by atoms with E-state index >= 15 is 0 Å². The fraction of sp³-hybridized carbons (Fsp3) is 0.700. The van der Waals surface area contributed by atoms with Crippen LogP contribution >= 0.6 is 11.6 Å². The maximum absolute atomic E-state index is 6.09. The van der Waals surface area contributed by atoms with Gasteiger partial charge in [-0.05, 0) is 18.8 Å². The molecule has 0 aromatic carbocycles. The highest BCUT2D eigenvalue weighted by atomic mass is 35.5. The molecule has 0 saturated carbocycles. The Morgan fingerprint density at radius 2 is 2.33 bits per heavy atom. The Hall–Kier alpha value is -0.740. The molecule has 4 nitrogen and oxygen atoms in total. The Balaban J connectivity index is 2.00. The van der Waals surface area contributed by atoms with Gasteiger partial charge in [0.1, 0.15) is 0 Å². The molecule has 0 atom stereocenters. The standard InChI is InChI=1S/C10H15ClN2O2/c1-14-9-6-12-13(10(9)11)7-8-2-4-15-5-3-8/h6,8H,2-5,7H2,1H3. The third kappa shape index (κ3) is 2.44. The molecule has 0 bridgehead atoms. The van der Waals surface area contributed by atoms with Crippen molar-refractivity contribution >= 4 is 11.6 Å².